The van der Waals surface area contributed by atoms with Gasteiger partial charge in [-0.05, 0) is 63.4 Å². The number of ether oxygens (including phenoxy) is 1. The highest BCUT2D eigenvalue weighted by Crippen LogP contribution is 2.35. The van der Waals surface area contributed by atoms with Crippen LogP contribution < -0.4 is 21.1 Å². The first-order valence-corrected chi connectivity index (χ1v) is 7.91. The number of imide groups is 1. The molecule has 0 aliphatic rings. The molecule has 0 aliphatic heterocycles. The Morgan fingerprint density at radius 3 is 2.38 bits per heavy atom. The predicted octanol–water partition coefficient (Wildman–Crippen LogP) is 2.28. The minimum atomic E-state index is -0.830. The van der Waals surface area contributed by atoms with Crippen LogP contribution in [0.1, 0.15) is 19.4 Å². The van der Waals surface area contributed by atoms with Crippen LogP contribution in [0.4, 0.5) is 4.79 Å². The lowest BCUT2D eigenvalue weighted by atomic mass is 10.2. The number of carbonyl (C=O) groups is 2. The lowest BCUT2D eigenvalue weighted by molar-refractivity contribution is -0.126. The summed E-state index contributed by atoms with van der Waals surface area (Å²) in [5, 5.41) is 4.67. The number of nitrogens with two attached hydrogens (primary N) is 1. The molecule has 1 aromatic rings. The van der Waals surface area contributed by atoms with Crippen LogP contribution in [0.2, 0.25) is 0 Å². The number of rotatable bonds is 5. The van der Waals surface area contributed by atoms with E-state index in [1.807, 2.05) is 12.1 Å². The Morgan fingerprint density at radius 1 is 1.33 bits per heavy atom. The Hall–Kier alpha value is -1.12. The van der Waals surface area contributed by atoms with Gasteiger partial charge >= 0.3 is 6.03 Å². The van der Waals surface area contributed by atoms with Crippen molar-refractivity contribution < 1.29 is 14.3 Å². The first kappa shape index (κ1) is 17.9. The largest absolute Gasteiger partial charge is 0.479 e. The molecule has 1 atom stereocenters. The summed E-state index contributed by atoms with van der Waals surface area (Å²) in [6.45, 7) is 4.15. The summed E-state index contributed by atoms with van der Waals surface area (Å²) in [5.74, 6) is -0.0478. The zero-order valence-corrected chi connectivity index (χ0v) is 14.9. The van der Waals surface area contributed by atoms with Crippen molar-refractivity contribution in [2.75, 3.05) is 6.54 Å². The number of hydrogen-bond acceptors (Lipinski definition) is 4. The second-order valence-corrected chi connectivity index (χ2v) is 5.91. The van der Waals surface area contributed by atoms with Crippen molar-refractivity contribution >= 4 is 43.8 Å². The van der Waals surface area contributed by atoms with Gasteiger partial charge in [0.15, 0.2) is 6.10 Å². The molecular formula is C13H17Br2N3O3. The molecule has 1 rings (SSSR count). The van der Waals surface area contributed by atoms with E-state index in [0.717, 1.165) is 5.56 Å². The van der Waals surface area contributed by atoms with E-state index in [4.69, 9.17) is 10.5 Å². The maximum Gasteiger partial charge on any atom is 0.321 e. The second-order valence-electron chi connectivity index (χ2n) is 4.20. The average Bonchev–Trinajstić information content (AvgIpc) is 2.42. The first-order chi connectivity index (χ1) is 9.88. The Balaban J connectivity index is 2.77. The van der Waals surface area contributed by atoms with Gasteiger partial charge in [0.1, 0.15) is 5.75 Å². The molecule has 0 fully saturated rings. The Kier molecular flexibility index (Phi) is 7.13. The minimum absolute atomic E-state index is 0.394. The maximum absolute atomic E-state index is 11.8. The normalized spacial score (nSPS) is 11.7. The van der Waals surface area contributed by atoms with Crippen LogP contribution in [0.5, 0.6) is 5.75 Å². The van der Waals surface area contributed by atoms with Crippen molar-refractivity contribution in [1.82, 2.24) is 10.6 Å². The zero-order valence-electron chi connectivity index (χ0n) is 11.7. The quantitative estimate of drug-likeness (QED) is 0.678. The second kappa shape index (κ2) is 8.35. The summed E-state index contributed by atoms with van der Waals surface area (Å²) < 4.78 is 6.94. The SMILES string of the molecule is CCNC(=O)NC(=O)C(C)Oc1c(Br)cc(CN)cc1Br. The van der Waals surface area contributed by atoms with Crippen molar-refractivity contribution in [1.29, 1.82) is 0 Å². The molecule has 0 aromatic heterocycles. The molecule has 6 nitrogen and oxygen atoms in total. The molecule has 3 amide bonds. The van der Waals surface area contributed by atoms with Gasteiger partial charge < -0.3 is 15.8 Å². The third-order valence-electron chi connectivity index (χ3n) is 2.53. The molecule has 21 heavy (non-hydrogen) atoms. The summed E-state index contributed by atoms with van der Waals surface area (Å²) in [6.07, 6.45) is -0.830. The van der Waals surface area contributed by atoms with Crippen molar-refractivity contribution in [3.05, 3.63) is 26.6 Å². The molecule has 0 spiro atoms. The number of hydrogen-bond donors (Lipinski definition) is 3. The molecule has 0 saturated carbocycles. The van der Waals surface area contributed by atoms with E-state index in [1.54, 1.807) is 13.8 Å². The number of nitrogens with one attached hydrogen (secondary N) is 2. The van der Waals surface area contributed by atoms with Crippen LogP contribution >= 0.6 is 31.9 Å². The Labute approximate surface area is 140 Å². The van der Waals surface area contributed by atoms with Gasteiger partial charge in [0, 0.05) is 13.1 Å². The third kappa shape index (κ3) is 5.29. The molecule has 0 saturated heterocycles. The fourth-order valence-electron chi connectivity index (χ4n) is 1.49. The van der Waals surface area contributed by atoms with Gasteiger partial charge in [0.05, 0.1) is 8.95 Å². The number of urea groups is 1. The Bertz CT molecular complexity index is 514. The van der Waals surface area contributed by atoms with Gasteiger partial charge in [-0.25, -0.2) is 4.79 Å². The summed E-state index contributed by atoms with van der Waals surface area (Å²) in [4.78, 5) is 23.1. The van der Waals surface area contributed by atoms with Gasteiger partial charge in [0.2, 0.25) is 0 Å². The third-order valence-corrected chi connectivity index (χ3v) is 3.71. The van der Waals surface area contributed by atoms with E-state index in [2.05, 4.69) is 42.5 Å². The van der Waals surface area contributed by atoms with E-state index in [9.17, 15) is 9.59 Å². The average molecular weight is 423 g/mol. The highest BCUT2D eigenvalue weighted by molar-refractivity contribution is 9.11. The molecule has 8 heteroatoms. The molecule has 0 heterocycles. The first-order valence-electron chi connectivity index (χ1n) is 6.32. The summed E-state index contributed by atoms with van der Waals surface area (Å²) in [7, 11) is 0. The van der Waals surface area contributed by atoms with E-state index in [-0.39, 0.29) is 0 Å². The number of carbonyl (C=O) groups excluding carboxylic acids is 2. The predicted molar refractivity (Wildman–Crippen MR) is 87.0 cm³/mol. The van der Waals surface area contributed by atoms with E-state index in [1.165, 1.54) is 0 Å². The summed E-state index contributed by atoms with van der Waals surface area (Å²) in [5.41, 5.74) is 6.50. The fraction of sp³-hybridized carbons (Fsp3) is 0.385. The summed E-state index contributed by atoms with van der Waals surface area (Å²) in [6, 6.07) is 3.08. The van der Waals surface area contributed by atoms with Crippen molar-refractivity contribution in [2.24, 2.45) is 5.73 Å². The van der Waals surface area contributed by atoms with Crippen molar-refractivity contribution in [3.63, 3.8) is 0 Å². The highest BCUT2D eigenvalue weighted by atomic mass is 79.9. The van der Waals surface area contributed by atoms with Crippen LogP contribution in [0.25, 0.3) is 0 Å². The van der Waals surface area contributed by atoms with E-state index < -0.39 is 18.0 Å². The molecule has 1 aromatic carbocycles. The van der Waals surface area contributed by atoms with Crippen LogP contribution in [-0.2, 0) is 11.3 Å². The van der Waals surface area contributed by atoms with Crippen molar-refractivity contribution in [3.8, 4) is 5.75 Å². The molecule has 0 aliphatic carbocycles. The van der Waals surface area contributed by atoms with Gasteiger partial charge in [0.25, 0.3) is 5.91 Å². The lowest BCUT2D eigenvalue weighted by Crippen LogP contribution is -2.45. The molecule has 0 bridgehead atoms. The van der Waals surface area contributed by atoms with E-state index in [0.29, 0.717) is 27.8 Å². The number of halogens is 2. The monoisotopic (exact) mass is 421 g/mol. The standard InChI is InChI=1S/C13H17Br2N3O3/c1-3-17-13(20)18-12(19)7(2)21-11-9(14)4-8(6-16)5-10(11)15/h4-5,7H,3,6,16H2,1-2H3,(H2,17,18,19,20). The maximum atomic E-state index is 11.8. The Morgan fingerprint density at radius 2 is 1.90 bits per heavy atom. The van der Waals surface area contributed by atoms with Crippen LogP contribution in [0.3, 0.4) is 0 Å². The number of benzene rings is 1. The van der Waals surface area contributed by atoms with Gasteiger partial charge in [-0.15, -0.1) is 0 Å². The van der Waals surface area contributed by atoms with Crippen LogP contribution in [0, 0.1) is 0 Å². The molecule has 1 unspecified atom stereocenters. The molecule has 116 valence electrons. The zero-order chi connectivity index (χ0) is 16.0. The molecule has 0 radical (unpaired) electrons. The fourth-order valence-corrected chi connectivity index (χ4v) is 2.96. The van der Waals surface area contributed by atoms with Crippen molar-refractivity contribution in [2.45, 2.75) is 26.5 Å². The topological polar surface area (TPSA) is 93.5 Å². The van der Waals surface area contributed by atoms with Crippen LogP contribution in [0.15, 0.2) is 21.1 Å². The van der Waals surface area contributed by atoms with Crippen LogP contribution in [-0.4, -0.2) is 24.6 Å². The molecule has 4 N–H and O–H groups in total. The molecular weight excluding hydrogens is 406 g/mol. The number of amides is 3. The summed E-state index contributed by atoms with van der Waals surface area (Å²) >= 11 is 6.74. The van der Waals surface area contributed by atoms with E-state index >= 15 is 0 Å². The van der Waals surface area contributed by atoms with Gasteiger partial charge in [-0.3, -0.25) is 10.1 Å². The van der Waals surface area contributed by atoms with Gasteiger partial charge in [-0.1, -0.05) is 0 Å². The lowest BCUT2D eigenvalue weighted by Gasteiger charge is -2.17. The highest BCUT2D eigenvalue weighted by Gasteiger charge is 2.20. The van der Waals surface area contributed by atoms with Gasteiger partial charge in [-0.2, -0.15) is 0 Å². The minimum Gasteiger partial charge on any atom is -0.479 e. The smallest absolute Gasteiger partial charge is 0.321 e.